The number of halogens is 1. The van der Waals surface area contributed by atoms with Crippen molar-refractivity contribution < 1.29 is 4.39 Å². The molecule has 1 fully saturated rings. The number of hydrogen-bond donors (Lipinski definition) is 1. The summed E-state index contributed by atoms with van der Waals surface area (Å²) in [5.41, 5.74) is 4.59. The first-order chi connectivity index (χ1) is 9.63. The van der Waals surface area contributed by atoms with Gasteiger partial charge in [0.1, 0.15) is 5.82 Å². The molecule has 2 aromatic rings. The van der Waals surface area contributed by atoms with Gasteiger partial charge in [-0.3, -0.25) is 0 Å². The van der Waals surface area contributed by atoms with Crippen LogP contribution in [0.15, 0.2) is 42.5 Å². The van der Waals surface area contributed by atoms with Crippen molar-refractivity contribution in [1.29, 1.82) is 0 Å². The maximum atomic E-state index is 13.2. The number of rotatable bonds is 2. The highest BCUT2D eigenvalue weighted by Gasteiger charge is 2.21. The van der Waals surface area contributed by atoms with E-state index in [0.717, 1.165) is 11.1 Å². The highest BCUT2D eigenvalue weighted by molar-refractivity contribution is 5.67. The second-order valence-corrected chi connectivity index (χ2v) is 5.78. The average Bonchev–Trinajstić information content (AvgIpc) is 2.86. The molecular weight excluding hydrogens is 249 g/mol. The molecule has 0 radical (unpaired) electrons. The third-order valence-electron chi connectivity index (χ3n) is 4.16. The Morgan fingerprint density at radius 1 is 1.10 bits per heavy atom. The topological polar surface area (TPSA) is 12.0 Å². The summed E-state index contributed by atoms with van der Waals surface area (Å²) in [6.07, 6.45) is 2.41. The van der Waals surface area contributed by atoms with E-state index in [0.29, 0.717) is 12.1 Å². The van der Waals surface area contributed by atoms with Gasteiger partial charge < -0.3 is 5.32 Å². The van der Waals surface area contributed by atoms with Crippen molar-refractivity contribution in [2.24, 2.45) is 0 Å². The Balaban J connectivity index is 1.95. The molecule has 1 saturated heterocycles. The lowest BCUT2D eigenvalue weighted by Crippen LogP contribution is -2.20. The highest BCUT2D eigenvalue weighted by atomic mass is 19.1. The van der Waals surface area contributed by atoms with Crippen molar-refractivity contribution >= 4 is 0 Å². The molecule has 1 nitrogen and oxygen atoms in total. The maximum Gasteiger partial charge on any atom is 0.123 e. The van der Waals surface area contributed by atoms with E-state index in [1.807, 2.05) is 13.0 Å². The van der Waals surface area contributed by atoms with Crippen molar-refractivity contribution in [3.05, 3.63) is 59.4 Å². The molecule has 0 bridgehead atoms. The summed E-state index contributed by atoms with van der Waals surface area (Å²) in [7, 11) is 0. The minimum absolute atomic E-state index is 0.173. The zero-order valence-electron chi connectivity index (χ0n) is 12.0. The summed E-state index contributed by atoms with van der Waals surface area (Å²) in [5, 5.41) is 3.61. The Morgan fingerprint density at radius 3 is 2.65 bits per heavy atom. The first-order valence-corrected chi connectivity index (χ1v) is 7.26. The molecule has 3 rings (SSSR count). The number of benzene rings is 2. The van der Waals surface area contributed by atoms with Crippen LogP contribution >= 0.6 is 0 Å². The zero-order valence-corrected chi connectivity index (χ0v) is 12.0. The Hall–Kier alpha value is -1.67. The molecule has 2 unspecified atom stereocenters. The van der Waals surface area contributed by atoms with Crippen LogP contribution in [0.25, 0.3) is 11.1 Å². The van der Waals surface area contributed by atoms with Crippen LogP contribution in [0.1, 0.15) is 36.9 Å². The maximum absolute atomic E-state index is 13.2. The number of aryl methyl sites for hydroxylation is 1. The first-order valence-electron chi connectivity index (χ1n) is 7.26. The Kier molecular flexibility index (Phi) is 3.58. The van der Waals surface area contributed by atoms with E-state index < -0.39 is 0 Å². The van der Waals surface area contributed by atoms with Crippen molar-refractivity contribution in [3.63, 3.8) is 0 Å². The molecule has 0 aliphatic carbocycles. The molecular formula is C18H20FN. The van der Waals surface area contributed by atoms with Gasteiger partial charge in [0.25, 0.3) is 0 Å². The van der Waals surface area contributed by atoms with Crippen LogP contribution in [0.3, 0.4) is 0 Å². The SMILES string of the molecule is Cc1cc(F)ccc1-c1cccc(C2CCC(C)N2)c1. The van der Waals surface area contributed by atoms with E-state index in [2.05, 4.69) is 36.5 Å². The van der Waals surface area contributed by atoms with E-state index in [1.165, 1.54) is 30.0 Å². The number of hydrogen-bond acceptors (Lipinski definition) is 1. The summed E-state index contributed by atoms with van der Waals surface area (Å²) < 4.78 is 13.2. The van der Waals surface area contributed by atoms with Crippen LogP contribution in [0.5, 0.6) is 0 Å². The number of nitrogens with one attached hydrogen (secondary N) is 1. The van der Waals surface area contributed by atoms with Crippen LogP contribution in [0.2, 0.25) is 0 Å². The lowest BCUT2D eigenvalue weighted by atomic mass is 9.96. The second kappa shape index (κ2) is 5.37. The molecule has 1 aliphatic heterocycles. The van der Waals surface area contributed by atoms with Crippen molar-refractivity contribution in [2.75, 3.05) is 0 Å². The van der Waals surface area contributed by atoms with E-state index in [9.17, 15) is 4.39 Å². The van der Waals surface area contributed by atoms with Gasteiger partial charge in [0.2, 0.25) is 0 Å². The van der Waals surface area contributed by atoms with Gasteiger partial charge >= 0.3 is 0 Å². The predicted molar refractivity (Wildman–Crippen MR) is 81.1 cm³/mol. The molecule has 104 valence electrons. The molecule has 2 aromatic carbocycles. The fraction of sp³-hybridized carbons (Fsp3) is 0.333. The van der Waals surface area contributed by atoms with E-state index in [4.69, 9.17) is 0 Å². The van der Waals surface area contributed by atoms with Crippen molar-refractivity contribution in [2.45, 2.75) is 38.8 Å². The fourth-order valence-electron chi connectivity index (χ4n) is 3.06. The van der Waals surface area contributed by atoms with Gasteiger partial charge in [-0.15, -0.1) is 0 Å². The summed E-state index contributed by atoms with van der Waals surface area (Å²) in [6, 6.07) is 14.6. The van der Waals surface area contributed by atoms with Crippen LogP contribution in [0, 0.1) is 12.7 Å². The Morgan fingerprint density at radius 2 is 1.95 bits per heavy atom. The Bertz CT molecular complexity index is 621. The summed E-state index contributed by atoms with van der Waals surface area (Å²) in [4.78, 5) is 0. The normalized spacial score (nSPS) is 22.1. The van der Waals surface area contributed by atoms with Crippen molar-refractivity contribution in [1.82, 2.24) is 5.32 Å². The monoisotopic (exact) mass is 269 g/mol. The standard InChI is InChI=1S/C18H20FN/c1-12-10-16(19)7-8-17(12)14-4-3-5-15(11-14)18-9-6-13(2)20-18/h3-5,7-8,10-11,13,18,20H,6,9H2,1-2H3. The van der Waals surface area contributed by atoms with Crippen LogP contribution in [-0.4, -0.2) is 6.04 Å². The molecule has 1 heterocycles. The lowest BCUT2D eigenvalue weighted by molar-refractivity contribution is 0.585. The van der Waals surface area contributed by atoms with Crippen LogP contribution in [0.4, 0.5) is 4.39 Å². The molecule has 2 atom stereocenters. The minimum Gasteiger partial charge on any atom is -0.307 e. The van der Waals surface area contributed by atoms with Gasteiger partial charge in [-0.1, -0.05) is 24.3 Å². The van der Waals surface area contributed by atoms with Gasteiger partial charge in [0, 0.05) is 12.1 Å². The van der Waals surface area contributed by atoms with Gasteiger partial charge in [-0.25, -0.2) is 4.39 Å². The molecule has 1 N–H and O–H groups in total. The molecule has 0 saturated carbocycles. The molecule has 20 heavy (non-hydrogen) atoms. The average molecular weight is 269 g/mol. The second-order valence-electron chi connectivity index (χ2n) is 5.78. The lowest BCUT2D eigenvalue weighted by Gasteiger charge is -2.14. The summed E-state index contributed by atoms with van der Waals surface area (Å²) in [6.45, 7) is 4.19. The van der Waals surface area contributed by atoms with Crippen LogP contribution in [-0.2, 0) is 0 Å². The molecule has 1 aliphatic rings. The highest BCUT2D eigenvalue weighted by Crippen LogP contribution is 2.30. The first kappa shape index (κ1) is 13.3. The Labute approximate surface area is 119 Å². The fourth-order valence-corrected chi connectivity index (χ4v) is 3.06. The zero-order chi connectivity index (χ0) is 14.1. The van der Waals surface area contributed by atoms with Crippen molar-refractivity contribution in [3.8, 4) is 11.1 Å². The molecule has 0 spiro atoms. The van der Waals surface area contributed by atoms with Gasteiger partial charge in [0.15, 0.2) is 0 Å². The van der Waals surface area contributed by atoms with Gasteiger partial charge in [-0.05, 0) is 67.1 Å². The molecule has 0 aromatic heterocycles. The minimum atomic E-state index is -0.173. The third-order valence-corrected chi connectivity index (χ3v) is 4.16. The summed E-state index contributed by atoms with van der Waals surface area (Å²) >= 11 is 0. The van der Waals surface area contributed by atoms with Crippen LogP contribution < -0.4 is 5.32 Å². The summed E-state index contributed by atoms with van der Waals surface area (Å²) in [5.74, 6) is -0.173. The smallest absolute Gasteiger partial charge is 0.123 e. The largest absolute Gasteiger partial charge is 0.307 e. The van der Waals surface area contributed by atoms with E-state index in [1.54, 1.807) is 6.07 Å². The quantitative estimate of drug-likeness (QED) is 0.839. The molecule has 0 amide bonds. The van der Waals surface area contributed by atoms with E-state index >= 15 is 0 Å². The van der Waals surface area contributed by atoms with Gasteiger partial charge in [-0.2, -0.15) is 0 Å². The predicted octanol–water partition coefficient (Wildman–Crippen LogP) is 4.61. The third kappa shape index (κ3) is 2.61. The molecule has 2 heteroatoms. The van der Waals surface area contributed by atoms with Gasteiger partial charge in [0.05, 0.1) is 0 Å². The van der Waals surface area contributed by atoms with E-state index in [-0.39, 0.29) is 5.82 Å².